The zero-order valence-electron chi connectivity index (χ0n) is 8.80. The van der Waals surface area contributed by atoms with Crippen LogP contribution in [0.15, 0.2) is 22.1 Å². The largest absolute Gasteiger partial charge is 0.477 e. The normalized spacial score (nSPS) is 23.9. The number of nitrogens with zero attached hydrogens (tertiary/aromatic N) is 1. The molecule has 82 valence electrons. The molecular weight excluding hydrogens is 206 g/mol. The molecule has 4 nitrogen and oxygen atoms in total. The first kappa shape index (κ1) is 10.5. The van der Waals surface area contributed by atoms with Crippen LogP contribution >= 0.6 is 0 Å². The van der Waals surface area contributed by atoms with Crippen LogP contribution in [0.3, 0.4) is 0 Å². The Morgan fingerprint density at radius 1 is 1.69 bits per heavy atom. The van der Waals surface area contributed by atoms with Crippen LogP contribution in [0, 0.1) is 17.2 Å². The number of hydrogen-bond donors (Lipinski definition) is 1. The molecule has 1 fully saturated rings. The fourth-order valence-electron chi connectivity index (χ4n) is 1.65. The van der Waals surface area contributed by atoms with Crippen molar-refractivity contribution in [3.63, 3.8) is 0 Å². The van der Waals surface area contributed by atoms with E-state index in [1.807, 2.05) is 6.07 Å². The second kappa shape index (κ2) is 3.86. The van der Waals surface area contributed by atoms with Gasteiger partial charge in [0.15, 0.2) is 0 Å². The van der Waals surface area contributed by atoms with Crippen molar-refractivity contribution in [2.75, 3.05) is 0 Å². The summed E-state index contributed by atoms with van der Waals surface area (Å²) < 4.78 is 5.47. The van der Waals surface area contributed by atoms with Crippen LogP contribution in [0.5, 0.6) is 0 Å². The highest BCUT2D eigenvalue weighted by Crippen LogP contribution is 2.47. The molecule has 0 radical (unpaired) electrons. The summed E-state index contributed by atoms with van der Waals surface area (Å²) in [5.74, 6) is 1.16. The van der Waals surface area contributed by atoms with Crippen molar-refractivity contribution in [2.45, 2.75) is 19.3 Å². The van der Waals surface area contributed by atoms with Crippen molar-refractivity contribution in [2.24, 2.45) is 5.92 Å². The topological polar surface area (TPSA) is 74.2 Å². The molecule has 0 saturated heterocycles. The number of rotatable bonds is 3. The number of furan rings is 1. The van der Waals surface area contributed by atoms with Gasteiger partial charge in [-0.15, -0.1) is 0 Å². The number of hydrogen-bond acceptors (Lipinski definition) is 3. The standard InChI is InChI=1S/C12H11NO3/c1-7-4-10(7)11-3-2-9(16-11)5-8(6-13)12(14)15/h2-3,5,7,10H,4H2,1H3,(H,14,15)/b8-5+/t7-,10+/m1/s1. The van der Waals surface area contributed by atoms with Gasteiger partial charge in [-0.05, 0) is 24.5 Å². The summed E-state index contributed by atoms with van der Waals surface area (Å²) in [4.78, 5) is 10.6. The summed E-state index contributed by atoms with van der Waals surface area (Å²) in [5, 5.41) is 17.3. The first-order valence-corrected chi connectivity index (χ1v) is 5.06. The van der Waals surface area contributed by atoms with Crippen molar-refractivity contribution >= 4 is 12.0 Å². The quantitative estimate of drug-likeness (QED) is 0.623. The highest BCUT2D eigenvalue weighted by Gasteiger charge is 2.36. The number of nitriles is 1. The maximum atomic E-state index is 10.6. The van der Waals surface area contributed by atoms with Gasteiger partial charge < -0.3 is 9.52 Å². The van der Waals surface area contributed by atoms with Crippen LogP contribution in [0.2, 0.25) is 0 Å². The average molecular weight is 217 g/mol. The maximum absolute atomic E-state index is 10.6. The molecule has 1 saturated carbocycles. The van der Waals surface area contributed by atoms with Crippen LogP contribution in [0.4, 0.5) is 0 Å². The Balaban J connectivity index is 2.19. The van der Waals surface area contributed by atoms with Gasteiger partial charge in [-0.2, -0.15) is 5.26 Å². The Morgan fingerprint density at radius 2 is 2.38 bits per heavy atom. The van der Waals surface area contributed by atoms with Crippen LogP contribution in [-0.4, -0.2) is 11.1 Å². The lowest BCUT2D eigenvalue weighted by molar-refractivity contribution is -0.132. The predicted octanol–water partition coefficient (Wildman–Crippen LogP) is 2.39. The molecule has 0 aromatic carbocycles. The molecule has 0 bridgehead atoms. The van der Waals surface area contributed by atoms with Crippen molar-refractivity contribution in [1.82, 2.24) is 0 Å². The molecule has 1 heterocycles. The highest BCUT2D eigenvalue weighted by molar-refractivity contribution is 5.96. The molecule has 0 amide bonds. The van der Waals surface area contributed by atoms with Crippen molar-refractivity contribution < 1.29 is 14.3 Å². The molecule has 1 aromatic rings. The van der Waals surface area contributed by atoms with Crippen molar-refractivity contribution in [1.29, 1.82) is 5.26 Å². The van der Waals surface area contributed by atoms with Gasteiger partial charge in [-0.3, -0.25) is 0 Å². The van der Waals surface area contributed by atoms with E-state index < -0.39 is 5.97 Å². The van der Waals surface area contributed by atoms with E-state index in [-0.39, 0.29) is 5.57 Å². The van der Waals surface area contributed by atoms with E-state index in [2.05, 4.69) is 6.92 Å². The first-order chi connectivity index (χ1) is 7.61. The third-order valence-corrected chi connectivity index (χ3v) is 2.76. The van der Waals surface area contributed by atoms with Gasteiger partial charge in [0, 0.05) is 12.0 Å². The fourth-order valence-corrected chi connectivity index (χ4v) is 1.65. The summed E-state index contributed by atoms with van der Waals surface area (Å²) in [6.07, 6.45) is 2.36. The Labute approximate surface area is 92.8 Å². The van der Waals surface area contributed by atoms with Gasteiger partial charge in [0.25, 0.3) is 0 Å². The van der Waals surface area contributed by atoms with E-state index in [0.29, 0.717) is 17.6 Å². The van der Waals surface area contributed by atoms with Crippen LogP contribution < -0.4 is 0 Å². The van der Waals surface area contributed by atoms with E-state index in [4.69, 9.17) is 14.8 Å². The molecular formula is C12H11NO3. The monoisotopic (exact) mass is 217 g/mol. The molecule has 0 spiro atoms. The molecule has 1 aliphatic rings. The smallest absolute Gasteiger partial charge is 0.346 e. The third-order valence-electron chi connectivity index (χ3n) is 2.76. The van der Waals surface area contributed by atoms with E-state index in [9.17, 15) is 4.79 Å². The average Bonchev–Trinajstić information content (AvgIpc) is 2.79. The summed E-state index contributed by atoms with van der Waals surface area (Å²) in [6.45, 7) is 2.14. The van der Waals surface area contributed by atoms with E-state index in [0.717, 1.165) is 12.2 Å². The minimum atomic E-state index is -1.24. The molecule has 1 aromatic heterocycles. The third kappa shape index (κ3) is 1.98. The molecule has 2 atom stereocenters. The molecule has 2 rings (SSSR count). The number of aliphatic carboxylic acids is 1. The van der Waals surface area contributed by atoms with Crippen molar-refractivity contribution in [3.05, 3.63) is 29.2 Å². The first-order valence-electron chi connectivity index (χ1n) is 5.06. The number of carbonyl (C=O) groups is 1. The molecule has 0 unspecified atom stereocenters. The molecule has 1 N–H and O–H groups in total. The molecule has 4 heteroatoms. The Morgan fingerprint density at radius 3 is 2.88 bits per heavy atom. The Hall–Kier alpha value is -2.02. The minimum absolute atomic E-state index is 0.315. The molecule has 0 aliphatic heterocycles. The summed E-state index contributed by atoms with van der Waals surface area (Å²) in [7, 11) is 0. The molecule has 1 aliphatic carbocycles. The van der Waals surface area contributed by atoms with Crippen LogP contribution in [0.25, 0.3) is 6.08 Å². The van der Waals surface area contributed by atoms with Crippen molar-refractivity contribution in [3.8, 4) is 6.07 Å². The fraction of sp³-hybridized carbons (Fsp3) is 0.333. The van der Waals surface area contributed by atoms with Gasteiger partial charge in [-0.1, -0.05) is 6.92 Å². The van der Waals surface area contributed by atoms with Gasteiger partial charge in [0.2, 0.25) is 0 Å². The van der Waals surface area contributed by atoms with Gasteiger partial charge in [0.1, 0.15) is 23.2 Å². The second-order valence-corrected chi connectivity index (χ2v) is 4.03. The predicted molar refractivity (Wildman–Crippen MR) is 56.5 cm³/mol. The zero-order valence-corrected chi connectivity index (χ0v) is 8.80. The maximum Gasteiger partial charge on any atom is 0.346 e. The lowest BCUT2D eigenvalue weighted by Crippen LogP contribution is -1.96. The SMILES string of the molecule is C[C@@H]1C[C@@H]1c1ccc(/C=C(\C#N)C(=O)O)o1. The van der Waals surface area contributed by atoms with Crippen LogP contribution in [-0.2, 0) is 4.79 Å². The van der Waals surface area contributed by atoms with E-state index >= 15 is 0 Å². The Bertz CT molecular complexity index is 493. The van der Waals surface area contributed by atoms with E-state index in [1.54, 1.807) is 12.1 Å². The van der Waals surface area contributed by atoms with Gasteiger partial charge in [-0.25, -0.2) is 4.79 Å². The van der Waals surface area contributed by atoms with Gasteiger partial charge in [0.05, 0.1) is 0 Å². The highest BCUT2D eigenvalue weighted by atomic mass is 16.4. The summed E-state index contributed by atoms with van der Waals surface area (Å²) >= 11 is 0. The van der Waals surface area contributed by atoms with E-state index in [1.165, 1.54) is 6.08 Å². The minimum Gasteiger partial charge on any atom is -0.477 e. The lowest BCUT2D eigenvalue weighted by atomic mass is 10.2. The Kier molecular flexibility index (Phi) is 2.53. The second-order valence-electron chi connectivity index (χ2n) is 4.03. The number of carboxylic acid groups (broad SMARTS) is 1. The molecule has 16 heavy (non-hydrogen) atoms. The summed E-state index contributed by atoms with van der Waals surface area (Å²) in [6, 6.07) is 5.15. The lowest BCUT2D eigenvalue weighted by Gasteiger charge is -1.91. The zero-order chi connectivity index (χ0) is 11.7. The van der Waals surface area contributed by atoms with Gasteiger partial charge >= 0.3 is 5.97 Å². The summed E-state index contributed by atoms with van der Waals surface area (Å²) in [5.41, 5.74) is -0.315. The number of carboxylic acids is 1. The van der Waals surface area contributed by atoms with Crippen LogP contribution in [0.1, 0.15) is 30.8 Å².